The number of rotatable bonds is 4. The largest absolute Gasteiger partial charge is 0.358 e. The summed E-state index contributed by atoms with van der Waals surface area (Å²) in [6, 6.07) is 14.1. The van der Waals surface area contributed by atoms with Crippen LogP contribution in [0.1, 0.15) is 16.7 Å². The molecule has 6 heteroatoms. The van der Waals surface area contributed by atoms with Crippen molar-refractivity contribution in [3.05, 3.63) is 82.3 Å². The molecule has 1 heterocycles. The molecule has 27 heavy (non-hydrogen) atoms. The lowest BCUT2D eigenvalue weighted by Gasteiger charge is -2.09. The average molecular weight is 396 g/mol. The molecule has 0 bridgehead atoms. The summed E-state index contributed by atoms with van der Waals surface area (Å²) in [4.78, 5) is 0.0509. The summed E-state index contributed by atoms with van der Waals surface area (Å²) >= 11 is 1.26. The van der Waals surface area contributed by atoms with Gasteiger partial charge in [-0.05, 0) is 48.6 Å². The molecule has 2 aromatic carbocycles. The molecule has 4 nitrogen and oxygen atoms in total. The molecule has 0 aromatic heterocycles. The first kappa shape index (κ1) is 19.0. The van der Waals surface area contributed by atoms with Crippen molar-refractivity contribution in [2.45, 2.75) is 18.7 Å². The molecule has 0 spiro atoms. The fraction of sp³-hybridized carbons (Fsp3) is 0.0952. The van der Waals surface area contributed by atoms with Gasteiger partial charge in [0.15, 0.2) is 0 Å². The van der Waals surface area contributed by atoms with Gasteiger partial charge in [-0.3, -0.25) is 4.28 Å². The van der Waals surface area contributed by atoms with E-state index in [1.807, 2.05) is 44.2 Å². The highest BCUT2D eigenvalue weighted by atomic mass is 32.2. The highest BCUT2D eigenvalue weighted by Crippen LogP contribution is 2.32. The minimum Gasteiger partial charge on any atom is -0.264 e. The molecule has 1 aliphatic rings. The lowest BCUT2D eigenvalue weighted by Crippen LogP contribution is -2.05. The molecule has 0 fully saturated rings. The van der Waals surface area contributed by atoms with Gasteiger partial charge in [-0.25, -0.2) is 0 Å². The molecule has 3 rings (SSSR count). The third-order valence-electron chi connectivity index (χ3n) is 4.00. The van der Waals surface area contributed by atoms with Crippen LogP contribution in [-0.2, 0) is 14.4 Å². The van der Waals surface area contributed by atoms with Crippen LogP contribution in [0.5, 0.6) is 0 Å². The monoisotopic (exact) mass is 395 g/mol. The topological polar surface area (TPSA) is 55.7 Å². The molecule has 0 atom stereocenters. The van der Waals surface area contributed by atoms with Crippen molar-refractivity contribution in [2.75, 3.05) is 0 Å². The molecule has 0 radical (unpaired) electrons. The van der Waals surface area contributed by atoms with E-state index in [0.29, 0.717) is 16.2 Å². The van der Waals surface area contributed by atoms with Crippen LogP contribution in [0.4, 0.5) is 0 Å². The van der Waals surface area contributed by atoms with Gasteiger partial charge in [-0.2, -0.15) is 8.42 Å². The first-order valence-corrected chi connectivity index (χ1v) is 10.4. The number of benzene rings is 2. The van der Waals surface area contributed by atoms with Crippen LogP contribution in [0.2, 0.25) is 0 Å². The van der Waals surface area contributed by atoms with Crippen molar-refractivity contribution in [2.24, 2.45) is 5.16 Å². The Bertz CT molecular complexity index is 1100. The molecule has 0 saturated heterocycles. The average Bonchev–Trinajstić information content (AvgIpc) is 3.11. The fourth-order valence-electron chi connectivity index (χ4n) is 2.55. The summed E-state index contributed by atoms with van der Waals surface area (Å²) in [6.45, 7) is 3.84. The van der Waals surface area contributed by atoms with Crippen LogP contribution in [0.3, 0.4) is 0 Å². The third-order valence-corrected chi connectivity index (χ3v) is 5.91. The minimum atomic E-state index is -4.00. The highest BCUT2D eigenvalue weighted by Gasteiger charge is 2.21. The second kappa shape index (κ2) is 7.87. The predicted molar refractivity (Wildman–Crippen MR) is 111 cm³/mol. The molecule has 0 aliphatic carbocycles. The Hall–Kier alpha value is -2.75. The number of allylic oxidation sites excluding steroid dienone is 2. The lowest BCUT2D eigenvalue weighted by molar-refractivity contribution is 0.340. The maximum Gasteiger partial charge on any atom is 0.358 e. The van der Waals surface area contributed by atoms with Crippen molar-refractivity contribution < 1.29 is 12.7 Å². The van der Waals surface area contributed by atoms with Crippen LogP contribution < -0.4 is 0 Å². The zero-order chi connectivity index (χ0) is 19.4. The normalized spacial score (nSPS) is 17.0. The number of thioether (sulfide) groups is 1. The summed E-state index contributed by atoms with van der Waals surface area (Å²) in [5.41, 5.74) is 4.19. The van der Waals surface area contributed by atoms with Crippen LogP contribution >= 0.6 is 11.8 Å². The van der Waals surface area contributed by atoms with Gasteiger partial charge < -0.3 is 0 Å². The van der Waals surface area contributed by atoms with Gasteiger partial charge >= 0.3 is 10.1 Å². The predicted octanol–water partition coefficient (Wildman–Crippen LogP) is 4.67. The van der Waals surface area contributed by atoms with E-state index in [4.69, 9.17) is 10.7 Å². The Balaban J connectivity index is 1.96. The maximum absolute atomic E-state index is 12.4. The molecule has 0 amide bonds. The molecule has 0 saturated carbocycles. The summed E-state index contributed by atoms with van der Waals surface area (Å²) < 4.78 is 29.6. The molecular formula is C21H17NO3S2. The van der Waals surface area contributed by atoms with Gasteiger partial charge in [0.2, 0.25) is 0 Å². The minimum absolute atomic E-state index is 0.0509. The van der Waals surface area contributed by atoms with Crippen LogP contribution in [-0.4, -0.2) is 13.5 Å². The first-order chi connectivity index (χ1) is 12.9. The zero-order valence-electron chi connectivity index (χ0n) is 14.8. The van der Waals surface area contributed by atoms with E-state index in [-0.39, 0.29) is 4.90 Å². The fourth-order valence-corrected chi connectivity index (χ4v) is 4.03. The van der Waals surface area contributed by atoms with E-state index >= 15 is 0 Å². The van der Waals surface area contributed by atoms with Crippen LogP contribution in [0.25, 0.3) is 5.57 Å². The molecular weight excluding hydrogens is 378 g/mol. The first-order valence-electron chi connectivity index (χ1n) is 8.11. The number of terminal acetylenes is 1. The van der Waals surface area contributed by atoms with E-state index in [1.54, 1.807) is 17.5 Å². The van der Waals surface area contributed by atoms with Gasteiger partial charge in [0.05, 0.1) is 0 Å². The van der Waals surface area contributed by atoms with E-state index in [0.717, 1.165) is 16.7 Å². The number of hydrogen-bond acceptors (Lipinski definition) is 5. The number of aryl methyl sites for hydroxylation is 2. The smallest absolute Gasteiger partial charge is 0.264 e. The molecule has 0 N–H and O–H groups in total. The van der Waals surface area contributed by atoms with Crippen molar-refractivity contribution in [1.82, 2.24) is 0 Å². The Morgan fingerprint density at radius 1 is 1.11 bits per heavy atom. The van der Waals surface area contributed by atoms with Crippen molar-refractivity contribution >= 4 is 32.5 Å². The Morgan fingerprint density at radius 3 is 2.48 bits per heavy atom. The summed E-state index contributed by atoms with van der Waals surface area (Å²) in [5, 5.41) is 6.08. The molecule has 2 aromatic rings. The van der Waals surface area contributed by atoms with Crippen molar-refractivity contribution in [3.63, 3.8) is 0 Å². The van der Waals surface area contributed by atoms with Crippen molar-refractivity contribution in [1.29, 1.82) is 0 Å². The standard InChI is InChI=1S/C21H17NO3S2/c1-4-18(19-8-6-5-7-16(19)3)20-13-14-26-21(20)22-25-27(23,24)17-11-9-15(2)10-12-17/h1,5-14H,2-3H3/b20-18+,22-21-. The Kier molecular flexibility index (Phi) is 5.54. The summed E-state index contributed by atoms with van der Waals surface area (Å²) in [7, 11) is -4.00. The summed E-state index contributed by atoms with van der Waals surface area (Å²) in [6.07, 6.45) is 7.55. The number of oxime groups is 1. The van der Waals surface area contributed by atoms with Crippen LogP contribution in [0.15, 0.2) is 75.6 Å². The maximum atomic E-state index is 12.4. The van der Waals surface area contributed by atoms with E-state index in [2.05, 4.69) is 11.1 Å². The van der Waals surface area contributed by atoms with Gasteiger partial charge in [-0.15, -0.1) is 6.42 Å². The van der Waals surface area contributed by atoms with Gasteiger partial charge in [0.25, 0.3) is 0 Å². The van der Waals surface area contributed by atoms with Crippen molar-refractivity contribution in [3.8, 4) is 12.3 Å². The Morgan fingerprint density at radius 2 is 1.81 bits per heavy atom. The number of nitrogens with zero attached hydrogens (tertiary/aromatic N) is 1. The van der Waals surface area contributed by atoms with Crippen LogP contribution in [0, 0.1) is 26.2 Å². The van der Waals surface area contributed by atoms with Gasteiger partial charge in [-0.1, -0.05) is 64.8 Å². The quantitative estimate of drug-likeness (QED) is 0.558. The SMILES string of the molecule is C#C/C(=C1/C=CS/C1=N\OS(=O)(=O)c1ccc(C)cc1)c1ccccc1C. The second-order valence-corrected chi connectivity index (χ2v) is 8.33. The van der Waals surface area contributed by atoms with E-state index in [9.17, 15) is 8.42 Å². The zero-order valence-corrected chi connectivity index (χ0v) is 16.5. The van der Waals surface area contributed by atoms with Gasteiger partial charge in [0, 0.05) is 11.1 Å². The highest BCUT2D eigenvalue weighted by molar-refractivity contribution is 8.17. The second-order valence-electron chi connectivity index (χ2n) is 5.91. The molecule has 136 valence electrons. The Labute approximate surface area is 163 Å². The molecule has 0 unspecified atom stereocenters. The number of hydrogen-bond donors (Lipinski definition) is 0. The van der Waals surface area contributed by atoms with E-state index in [1.165, 1.54) is 23.9 Å². The third kappa shape index (κ3) is 4.16. The van der Waals surface area contributed by atoms with E-state index < -0.39 is 10.1 Å². The lowest BCUT2D eigenvalue weighted by atomic mass is 9.97. The van der Waals surface area contributed by atoms with Gasteiger partial charge in [0.1, 0.15) is 9.94 Å². The molecule has 1 aliphatic heterocycles. The summed E-state index contributed by atoms with van der Waals surface area (Å²) in [5.74, 6) is 2.70.